The molecule has 2 rings (SSSR count). The predicted molar refractivity (Wildman–Crippen MR) is 107 cm³/mol. The quantitative estimate of drug-likeness (QED) is 0.701. The van der Waals surface area contributed by atoms with Gasteiger partial charge in [0.1, 0.15) is 11.4 Å². The molecule has 0 N–H and O–H groups in total. The van der Waals surface area contributed by atoms with E-state index in [1.54, 1.807) is 4.90 Å². The highest BCUT2D eigenvalue weighted by atomic mass is 16.6. The maximum absolute atomic E-state index is 12.6. The van der Waals surface area contributed by atoms with Crippen LogP contribution in [0.1, 0.15) is 78.8 Å². The summed E-state index contributed by atoms with van der Waals surface area (Å²) >= 11 is 0. The molecule has 5 heteroatoms. The number of aromatic nitrogens is 1. The van der Waals surface area contributed by atoms with Gasteiger partial charge in [-0.1, -0.05) is 19.4 Å². The minimum atomic E-state index is -0.520. The number of anilines is 1. The van der Waals surface area contributed by atoms with Crippen molar-refractivity contribution >= 4 is 11.9 Å². The molecule has 1 fully saturated rings. The van der Waals surface area contributed by atoms with Crippen LogP contribution in [-0.2, 0) is 4.74 Å². The number of carbonyl (C=O) groups is 1. The van der Waals surface area contributed by atoms with Gasteiger partial charge in [-0.2, -0.15) is 0 Å². The number of carbonyl (C=O) groups excluding carboxylic acids is 1. The second-order valence-corrected chi connectivity index (χ2v) is 8.44. The molecule has 1 unspecified atom stereocenters. The first-order chi connectivity index (χ1) is 12.2. The van der Waals surface area contributed by atoms with Gasteiger partial charge in [-0.05, 0) is 78.6 Å². The smallest absolute Gasteiger partial charge is 0.416 e. The van der Waals surface area contributed by atoms with Crippen molar-refractivity contribution in [3.63, 3.8) is 0 Å². The molecular formula is C21H35N3O2. The molecule has 0 aliphatic carbocycles. The Morgan fingerprint density at radius 2 is 2.12 bits per heavy atom. The van der Waals surface area contributed by atoms with Crippen molar-refractivity contribution in [2.75, 3.05) is 18.0 Å². The van der Waals surface area contributed by atoms with E-state index in [1.165, 1.54) is 37.8 Å². The Balaban J connectivity index is 2.14. The zero-order chi connectivity index (χ0) is 19.3. The Bertz CT molecular complexity index is 578. The monoisotopic (exact) mass is 361 g/mol. The van der Waals surface area contributed by atoms with Gasteiger partial charge in [0.05, 0.1) is 0 Å². The van der Waals surface area contributed by atoms with Gasteiger partial charge in [-0.25, -0.2) is 9.78 Å². The molecule has 0 saturated carbocycles. The summed E-state index contributed by atoms with van der Waals surface area (Å²) in [6, 6.07) is 4.51. The molecule has 5 nitrogen and oxygen atoms in total. The van der Waals surface area contributed by atoms with E-state index in [2.05, 4.69) is 22.9 Å². The third-order valence-corrected chi connectivity index (χ3v) is 4.67. The minimum absolute atomic E-state index is 0.0178. The molecule has 0 bridgehead atoms. The summed E-state index contributed by atoms with van der Waals surface area (Å²) in [5.74, 6) is 0.649. The summed E-state index contributed by atoms with van der Waals surface area (Å²) < 4.78 is 5.55. The lowest BCUT2D eigenvalue weighted by Gasteiger charge is -2.30. The van der Waals surface area contributed by atoms with Crippen molar-refractivity contribution in [1.82, 2.24) is 9.88 Å². The lowest BCUT2D eigenvalue weighted by Crippen LogP contribution is -2.41. The number of ether oxygens (including phenoxy) is 1. The number of hydrogen-bond donors (Lipinski definition) is 0. The van der Waals surface area contributed by atoms with Gasteiger partial charge in [0.2, 0.25) is 0 Å². The van der Waals surface area contributed by atoms with Crippen LogP contribution in [0.15, 0.2) is 18.3 Å². The number of unbranched alkanes of at least 4 members (excludes halogenated alkanes) is 1. The number of pyridine rings is 1. The molecule has 26 heavy (non-hydrogen) atoms. The number of nitrogens with zero attached hydrogens (tertiary/aromatic N) is 3. The first-order valence-electron chi connectivity index (χ1n) is 9.95. The van der Waals surface area contributed by atoms with Crippen LogP contribution in [0.4, 0.5) is 10.6 Å². The normalized spacial score (nSPS) is 18.3. The highest BCUT2D eigenvalue weighted by molar-refractivity contribution is 5.87. The average molecular weight is 362 g/mol. The maximum atomic E-state index is 12.6. The molecule has 2 heterocycles. The predicted octanol–water partition coefficient (Wildman–Crippen LogP) is 5.17. The summed E-state index contributed by atoms with van der Waals surface area (Å²) in [6.45, 7) is 14.1. The van der Waals surface area contributed by atoms with Gasteiger partial charge in [0.25, 0.3) is 0 Å². The molecule has 1 saturated heterocycles. The van der Waals surface area contributed by atoms with Crippen LogP contribution in [0.5, 0.6) is 0 Å². The van der Waals surface area contributed by atoms with E-state index < -0.39 is 5.60 Å². The van der Waals surface area contributed by atoms with Crippen molar-refractivity contribution in [3.05, 3.63) is 23.9 Å². The van der Waals surface area contributed by atoms with Crippen molar-refractivity contribution in [2.45, 2.75) is 84.9 Å². The molecule has 1 aromatic rings. The van der Waals surface area contributed by atoms with Crippen LogP contribution in [0.25, 0.3) is 0 Å². The van der Waals surface area contributed by atoms with Gasteiger partial charge >= 0.3 is 6.09 Å². The lowest BCUT2D eigenvalue weighted by molar-refractivity contribution is 0.0569. The molecule has 1 aliphatic rings. The van der Waals surface area contributed by atoms with E-state index in [1.807, 2.05) is 46.9 Å². The zero-order valence-corrected chi connectivity index (χ0v) is 17.3. The first-order valence-corrected chi connectivity index (χ1v) is 9.95. The average Bonchev–Trinajstić information content (AvgIpc) is 3.00. The third-order valence-electron chi connectivity index (χ3n) is 4.67. The van der Waals surface area contributed by atoms with Gasteiger partial charge in [0.15, 0.2) is 0 Å². The molecule has 146 valence electrons. The molecule has 1 amide bonds. The van der Waals surface area contributed by atoms with Crippen molar-refractivity contribution < 1.29 is 9.53 Å². The van der Waals surface area contributed by atoms with E-state index in [9.17, 15) is 4.79 Å². The van der Waals surface area contributed by atoms with Gasteiger partial charge in [-0.15, -0.1) is 0 Å². The summed E-state index contributed by atoms with van der Waals surface area (Å²) in [7, 11) is 0. The van der Waals surface area contributed by atoms with Crippen LogP contribution in [0, 0.1) is 0 Å². The zero-order valence-electron chi connectivity index (χ0n) is 17.3. The molecule has 0 spiro atoms. The summed E-state index contributed by atoms with van der Waals surface area (Å²) in [4.78, 5) is 21.4. The fourth-order valence-electron chi connectivity index (χ4n) is 3.45. The molecule has 1 aromatic heterocycles. The maximum Gasteiger partial charge on any atom is 0.416 e. The fraction of sp³-hybridized carbons (Fsp3) is 0.714. The van der Waals surface area contributed by atoms with Crippen molar-refractivity contribution in [1.29, 1.82) is 0 Å². The number of amides is 1. The molecule has 1 aliphatic heterocycles. The van der Waals surface area contributed by atoms with Crippen LogP contribution < -0.4 is 4.90 Å². The second-order valence-electron chi connectivity index (χ2n) is 8.44. The fourth-order valence-corrected chi connectivity index (χ4v) is 3.45. The van der Waals surface area contributed by atoms with E-state index in [0.29, 0.717) is 11.9 Å². The van der Waals surface area contributed by atoms with Crippen LogP contribution in [0.3, 0.4) is 0 Å². The van der Waals surface area contributed by atoms with E-state index >= 15 is 0 Å². The summed E-state index contributed by atoms with van der Waals surface area (Å²) in [5.41, 5.74) is 0.726. The second kappa shape index (κ2) is 8.85. The topological polar surface area (TPSA) is 45.7 Å². The van der Waals surface area contributed by atoms with Crippen molar-refractivity contribution in [2.24, 2.45) is 0 Å². The Kier molecular flexibility index (Phi) is 7.04. The summed E-state index contributed by atoms with van der Waals surface area (Å²) in [5, 5.41) is 0. The minimum Gasteiger partial charge on any atom is -0.443 e. The number of likely N-dealkylation sites (tertiary alicyclic amines) is 1. The summed E-state index contributed by atoms with van der Waals surface area (Å²) in [6.07, 6.45) is 6.47. The van der Waals surface area contributed by atoms with E-state index in [-0.39, 0.29) is 12.1 Å². The number of rotatable bonds is 6. The van der Waals surface area contributed by atoms with Crippen LogP contribution in [-0.4, -0.2) is 40.7 Å². The Morgan fingerprint density at radius 1 is 1.38 bits per heavy atom. The van der Waals surface area contributed by atoms with Crippen LogP contribution in [0.2, 0.25) is 0 Å². The molecular weight excluding hydrogens is 326 g/mol. The Labute approximate surface area is 158 Å². The van der Waals surface area contributed by atoms with Gasteiger partial charge in [0, 0.05) is 18.3 Å². The SMILES string of the molecule is CCCCN1CCCC1c1ccc(N(C(=O)OC(C)(C)C)C(C)C)nc1. The van der Waals surface area contributed by atoms with Gasteiger partial charge in [-0.3, -0.25) is 9.80 Å². The standard InChI is InChI=1S/C21H35N3O2/c1-7-8-13-23-14-9-10-18(23)17-11-12-19(22-15-17)24(16(2)3)20(25)26-21(4,5)6/h11-12,15-16,18H,7-10,13-14H2,1-6H3. The molecule has 0 radical (unpaired) electrons. The van der Waals surface area contributed by atoms with Crippen LogP contribution >= 0.6 is 0 Å². The van der Waals surface area contributed by atoms with Gasteiger partial charge < -0.3 is 4.74 Å². The molecule has 0 aromatic carbocycles. The molecule has 1 atom stereocenters. The largest absolute Gasteiger partial charge is 0.443 e. The highest BCUT2D eigenvalue weighted by Gasteiger charge is 2.28. The first kappa shape index (κ1) is 20.7. The highest BCUT2D eigenvalue weighted by Crippen LogP contribution is 2.32. The Hall–Kier alpha value is -1.62. The number of hydrogen-bond acceptors (Lipinski definition) is 4. The Morgan fingerprint density at radius 3 is 2.65 bits per heavy atom. The third kappa shape index (κ3) is 5.44. The van der Waals surface area contributed by atoms with E-state index in [4.69, 9.17) is 4.74 Å². The van der Waals surface area contributed by atoms with E-state index in [0.717, 1.165) is 6.54 Å². The lowest BCUT2D eigenvalue weighted by atomic mass is 10.1. The van der Waals surface area contributed by atoms with Crippen molar-refractivity contribution in [3.8, 4) is 0 Å².